The number of hydrogen-bond donors (Lipinski definition) is 7. The van der Waals surface area contributed by atoms with E-state index in [2.05, 4.69) is 26.3 Å². The predicted molar refractivity (Wildman–Crippen MR) is 128 cm³/mol. The molecule has 10 N–H and O–H groups in total. The van der Waals surface area contributed by atoms with E-state index in [0.29, 0.717) is 45.2 Å². The predicted octanol–water partition coefficient (Wildman–Crippen LogP) is -1.77. The normalized spacial score (nSPS) is 13.3. The molecule has 0 aliphatic heterocycles. The summed E-state index contributed by atoms with van der Waals surface area (Å²) >= 11 is 0. The Kier molecular flexibility index (Phi) is 16.3. The minimum absolute atomic E-state index is 0.00378. The Morgan fingerprint density at radius 3 is 2.09 bits per heavy atom. The molecule has 12 nitrogen and oxygen atoms in total. The number of ketones is 1. The highest BCUT2D eigenvalue weighted by atomic mass is 16.2. The van der Waals surface area contributed by atoms with Gasteiger partial charge in [-0.15, -0.1) is 0 Å². The third-order valence-corrected chi connectivity index (χ3v) is 4.89. The van der Waals surface area contributed by atoms with Crippen molar-refractivity contribution in [3.05, 3.63) is 0 Å². The largest absolute Gasteiger partial charge is 0.370 e. The van der Waals surface area contributed by atoms with Gasteiger partial charge in [0.2, 0.25) is 17.7 Å². The highest BCUT2D eigenvalue weighted by molar-refractivity contribution is 5.92. The molecule has 0 fully saturated rings. The number of amides is 3. The molecule has 0 radical (unpaired) electrons. The first-order chi connectivity index (χ1) is 15.6. The standard InChI is InChI=1S/C21H42N8O4/c1-4-14(2)28-16(9-7-11-25-21(23)24)19(32)27-13-18(31)29-17(8-5-6-10-22)20(33)26-12-15(3)30/h14,16-17,28H,4-13,22H2,1-3H3,(H,26,33)(H,27,32)(H,29,31)(H4,23,24,25). The van der Waals surface area contributed by atoms with Crippen LogP contribution in [0.5, 0.6) is 0 Å². The van der Waals surface area contributed by atoms with Crippen molar-refractivity contribution in [1.82, 2.24) is 21.3 Å². The Morgan fingerprint density at radius 1 is 0.909 bits per heavy atom. The van der Waals surface area contributed by atoms with E-state index in [-0.39, 0.29) is 36.8 Å². The van der Waals surface area contributed by atoms with Crippen molar-refractivity contribution in [3.63, 3.8) is 0 Å². The zero-order chi connectivity index (χ0) is 25.2. The van der Waals surface area contributed by atoms with Crippen LogP contribution in [0.1, 0.15) is 59.3 Å². The lowest BCUT2D eigenvalue weighted by Gasteiger charge is -2.22. The maximum atomic E-state index is 12.7. The summed E-state index contributed by atoms with van der Waals surface area (Å²) in [6, 6.07) is -1.22. The van der Waals surface area contributed by atoms with Crippen LogP contribution >= 0.6 is 0 Å². The third-order valence-electron chi connectivity index (χ3n) is 4.89. The summed E-state index contributed by atoms with van der Waals surface area (Å²) in [5.74, 6) is -1.46. The Hall–Kier alpha value is -2.73. The number of Topliss-reactive ketones (excluding diaryl/α,β-unsaturated/α-hetero) is 1. The van der Waals surface area contributed by atoms with Crippen molar-refractivity contribution < 1.29 is 19.2 Å². The zero-order valence-corrected chi connectivity index (χ0v) is 20.1. The van der Waals surface area contributed by atoms with Crippen LogP contribution in [0.15, 0.2) is 4.99 Å². The fourth-order valence-corrected chi connectivity index (χ4v) is 2.89. The Labute approximate surface area is 196 Å². The maximum absolute atomic E-state index is 12.7. The number of aliphatic imine (C=N–C) groups is 1. The number of unbranched alkanes of at least 4 members (excludes halogenated alkanes) is 1. The quantitative estimate of drug-likeness (QED) is 0.0691. The van der Waals surface area contributed by atoms with Crippen molar-refractivity contribution >= 4 is 29.5 Å². The van der Waals surface area contributed by atoms with Gasteiger partial charge in [-0.3, -0.25) is 24.2 Å². The Bertz CT molecular complexity index is 652. The third kappa shape index (κ3) is 15.7. The smallest absolute Gasteiger partial charge is 0.242 e. The van der Waals surface area contributed by atoms with Crippen LogP contribution in [0.2, 0.25) is 0 Å². The summed E-state index contributed by atoms with van der Waals surface area (Å²) in [6.07, 6.45) is 3.63. The SMILES string of the molecule is CCC(C)NC(CCCN=C(N)N)C(=O)NCC(=O)NC(CCCCN)C(=O)NCC(C)=O. The van der Waals surface area contributed by atoms with Gasteiger partial charge in [-0.25, -0.2) is 0 Å². The van der Waals surface area contributed by atoms with E-state index in [1.807, 2.05) is 13.8 Å². The summed E-state index contributed by atoms with van der Waals surface area (Å²) in [6.45, 7) is 5.81. The number of carbonyl (C=O) groups excluding carboxylic acids is 4. The molecule has 0 aromatic carbocycles. The van der Waals surface area contributed by atoms with Crippen LogP contribution in [-0.2, 0) is 19.2 Å². The average Bonchev–Trinajstić information content (AvgIpc) is 2.76. The van der Waals surface area contributed by atoms with Crippen molar-refractivity contribution in [2.75, 3.05) is 26.2 Å². The number of guanidine groups is 1. The number of carbonyl (C=O) groups is 4. The summed E-state index contributed by atoms with van der Waals surface area (Å²) in [5.41, 5.74) is 16.1. The number of nitrogens with zero attached hydrogens (tertiary/aromatic N) is 1. The van der Waals surface area contributed by atoms with E-state index in [9.17, 15) is 19.2 Å². The molecule has 0 heterocycles. The van der Waals surface area contributed by atoms with E-state index in [1.54, 1.807) is 0 Å². The molecule has 0 rings (SSSR count). The first-order valence-electron chi connectivity index (χ1n) is 11.5. The lowest BCUT2D eigenvalue weighted by molar-refractivity contribution is -0.131. The van der Waals surface area contributed by atoms with Crippen LogP contribution in [0.4, 0.5) is 0 Å². The van der Waals surface area contributed by atoms with Gasteiger partial charge in [0.25, 0.3) is 0 Å². The first-order valence-corrected chi connectivity index (χ1v) is 11.5. The van der Waals surface area contributed by atoms with Gasteiger partial charge >= 0.3 is 0 Å². The fourth-order valence-electron chi connectivity index (χ4n) is 2.89. The van der Waals surface area contributed by atoms with Crippen LogP contribution in [0, 0.1) is 0 Å². The first kappa shape index (κ1) is 30.3. The molecule has 3 unspecified atom stereocenters. The van der Waals surface area contributed by atoms with E-state index >= 15 is 0 Å². The molecule has 0 aliphatic rings. The molecular weight excluding hydrogens is 428 g/mol. The van der Waals surface area contributed by atoms with Gasteiger partial charge in [0.05, 0.1) is 19.1 Å². The minimum atomic E-state index is -0.811. The molecule has 3 atom stereocenters. The zero-order valence-electron chi connectivity index (χ0n) is 20.1. The van der Waals surface area contributed by atoms with Crippen molar-refractivity contribution in [2.24, 2.45) is 22.2 Å². The van der Waals surface area contributed by atoms with Crippen molar-refractivity contribution in [2.45, 2.75) is 77.4 Å². The van der Waals surface area contributed by atoms with Crippen LogP contribution in [0.3, 0.4) is 0 Å². The summed E-state index contributed by atoms with van der Waals surface area (Å²) in [7, 11) is 0. The van der Waals surface area contributed by atoms with Gasteiger partial charge in [0.1, 0.15) is 11.8 Å². The molecule has 0 saturated heterocycles. The molecule has 0 saturated carbocycles. The van der Waals surface area contributed by atoms with E-state index in [1.165, 1.54) is 6.92 Å². The molecule has 190 valence electrons. The summed E-state index contributed by atoms with van der Waals surface area (Å²) in [5, 5.41) is 11.0. The molecule has 0 aliphatic carbocycles. The van der Waals surface area contributed by atoms with Gasteiger partial charge in [0.15, 0.2) is 5.96 Å². The fraction of sp³-hybridized carbons (Fsp3) is 0.762. The lowest BCUT2D eigenvalue weighted by Crippen LogP contribution is -2.52. The van der Waals surface area contributed by atoms with Gasteiger partial charge in [-0.2, -0.15) is 0 Å². The van der Waals surface area contributed by atoms with E-state index in [4.69, 9.17) is 17.2 Å². The van der Waals surface area contributed by atoms with E-state index < -0.39 is 23.9 Å². The van der Waals surface area contributed by atoms with Crippen molar-refractivity contribution in [3.8, 4) is 0 Å². The second-order valence-corrected chi connectivity index (χ2v) is 8.02. The second kappa shape index (κ2) is 17.8. The monoisotopic (exact) mass is 470 g/mol. The second-order valence-electron chi connectivity index (χ2n) is 8.02. The van der Waals surface area contributed by atoms with Crippen LogP contribution in [-0.4, -0.2) is 73.8 Å². The van der Waals surface area contributed by atoms with Gasteiger partial charge in [-0.1, -0.05) is 6.92 Å². The molecule has 33 heavy (non-hydrogen) atoms. The Balaban J connectivity index is 4.85. The maximum Gasteiger partial charge on any atom is 0.242 e. The molecule has 0 aromatic rings. The van der Waals surface area contributed by atoms with Gasteiger partial charge in [0, 0.05) is 12.6 Å². The molecular formula is C21H42N8O4. The lowest BCUT2D eigenvalue weighted by atomic mass is 10.1. The summed E-state index contributed by atoms with van der Waals surface area (Å²) < 4.78 is 0. The minimum Gasteiger partial charge on any atom is -0.370 e. The highest BCUT2D eigenvalue weighted by Crippen LogP contribution is 2.03. The Morgan fingerprint density at radius 2 is 1.52 bits per heavy atom. The summed E-state index contributed by atoms with van der Waals surface area (Å²) in [4.78, 5) is 52.5. The topological polar surface area (TPSA) is 207 Å². The van der Waals surface area contributed by atoms with E-state index in [0.717, 1.165) is 6.42 Å². The van der Waals surface area contributed by atoms with Crippen LogP contribution < -0.4 is 38.5 Å². The van der Waals surface area contributed by atoms with Crippen molar-refractivity contribution in [1.29, 1.82) is 0 Å². The highest BCUT2D eigenvalue weighted by Gasteiger charge is 2.23. The van der Waals surface area contributed by atoms with Gasteiger partial charge in [-0.05, 0) is 58.9 Å². The molecule has 12 heteroatoms. The molecule has 0 aromatic heterocycles. The van der Waals surface area contributed by atoms with Crippen LogP contribution in [0.25, 0.3) is 0 Å². The number of nitrogens with two attached hydrogens (primary N) is 3. The number of rotatable bonds is 18. The number of nitrogens with one attached hydrogen (secondary N) is 4. The molecule has 3 amide bonds. The number of hydrogen-bond acceptors (Lipinski definition) is 7. The average molecular weight is 471 g/mol. The van der Waals surface area contributed by atoms with Gasteiger partial charge < -0.3 is 38.5 Å². The molecule has 0 spiro atoms. The molecule has 0 bridgehead atoms.